The molecule has 0 aromatic heterocycles. The van der Waals surface area contributed by atoms with Crippen molar-refractivity contribution in [1.82, 2.24) is 0 Å². The lowest BCUT2D eigenvalue weighted by Gasteiger charge is -2.09. The first kappa shape index (κ1) is 16.2. The zero-order valence-electron chi connectivity index (χ0n) is 12.7. The molecule has 0 aliphatic heterocycles. The van der Waals surface area contributed by atoms with Crippen molar-refractivity contribution in [3.05, 3.63) is 69.8 Å². The topological polar surface area (TPSA) is 78.7 Å². The molecule has 118 valence electrons. The fourth-order valence-corrected chi connectivity index (χ4v) is 2.05. The molecule has 0 aliphatic rings. The highest BCUT2D eigenvalue weighted by Gasteiger charge is 2.09. The molecular formula is C17H15NO5. The fourth-order valence-electron chi connectivity index (χ4n) is 2.05. The fraction of sp³-hybridized carbons (Fsp3) is 0.118. The third-order valence-electron chi connectivity index (χ3n) is 3.21. The van der Waals surface area contributed by atoms with Crippen molar-refractivity contribution in [1.29, 1.82) is 0 Å². The standard InChI is InChI=1S/C17H15NO5/c1-22-16-5-3-4-13(17(16)23-2)8-11-15(19)12-6-9-14(10-7-12)18(20)21/h3-11H,1-2H3. The molecule has 0 radical (unpaired) electrons. The molecule has 2 aromatic carbocycles. The lowest BCUT2D eigenvalue weighted by atomic mass is 10.1. The van der Waals surface area contributed by atoms with Gasteiger partial charge in [0.05, 0.1) is 19.1 Å². The van der Waals surface area contributed by atoms with Crippen LogP contribution in [0, 0.1) is 10.1 Å². The molecule has 0 saturated carbocycles. The zero-order chi connectivity index (χ0) is 16.8. The molecule has 6 nitrogen and oxygen atoms in total. The van der Waals surface area contributed by atoms with Crippen molar-refractivity contribution in [3.8, 4) is 11.5 Å². The first-order valence-electron chi connectivity index (χ1n) is 6.74. The minimum Gasteiger partial charge on any atom is -0.493 e. The first-order chi connectivity index (χ1) is 11.1. The van der Waals surface area contributed by atoms with Gasteiger partial charge in [-0.25, -0.2) is 0 Å². The predicted molar refractivity (Wildman–Crippen MR) is 86.0 cm³/mol. The summed E-state index contributed by atoms with van der Waals surface area (Å²) in [5, 5.41) is 10.6. The summed E-state index contributed by atoms with van der Waals surface area (Å²) in [6.45, 7) is 0. The largest absolute Gasteiger partial charge is 0.493 e. The van der Waals surface area contributed by atoms with E-state index in [9.17, 15) is 14.9 Å². The number of carbonyl (C=O) groups is 1. The summed E-state index contributed by atoms with van der Waals surface area (Å²) in [6.07, 6.45) is 3.00. The minimum absolute atomic E-state index is 0.0556. The number of non-ortho nitro benzene ring substituents is 1. The number of nitro benzene ring substituents is 1. The third-order valence-corrected chi connectivity index (χ3v) is 3.21. The van der Waals surface area contributed by atoms with Gasteiger partial charge in [-0.05, 0) is 30.4 Å². The van der Waals surface area contributed by atoms with Crippen LogP contribution >= 0.6 is 0 Å². The van der Waals surface area contributed by atoms with E-state index in [0.29, 0.717) is 22.6 Å². The van der Waals surface area contributed by atoms with Gasteiger partial charge in [0, 0.05) is 23.3 Å². The number of nitrogens with zero attached hydrogens (tertiary/aromatic N) is 1. The van der Waals surface area contributed by atoms with Gasteiger partial charge in [0.1, 0.15) is 0 Å². The summed E-state index contributed by atoms with van der Waals surface area (Å²) in [7, 11) is 3.06. The molecular weight excluding hydrogens is 298 g/mol. The lowest BCUT2D eigenvalue weighted by molar-refractivity contribution is -0.384. The summed E-state index contributed by atoms with van der Waals surface area (Å²) in [5.41, 5.74) is 1.01. The SMILES string of the molecule is COc1cccc(C=CC(=O)c2ccc([N+](=O)[O-])cc2)c1OC. The first-order valence-corrected chi connectivity index (χ1v) is 6.74. The number of hydrogen-bond donors (Lipinski definition) is 0. The second-order valence-electron chi connectivity index (χ2n) is 4.58. The number of para-hydroxylation sites is 1. The highest BCUT2D eigenvalue weighted by molar-refractivity contribution is 6.07. The van der Waals surface area contributed by atoms with Crippen molar-refractivity contribution in [2.24, 2.45) is 0 Å². The molecule has 0 unspecified atom stereocenters. The molecule has 2 rings (SSSR count). The molecule has 2 aromatic rings. The van der Waals surface area contributed by atoms with E-state index in [2.05, 4.69) is 0 Å². The number of allylic oxidation sites excluding steroid dienone is 1. The smallest absolute Gasteiger partial charge is 0.269 e. The van der Waals surface area contributed by atoms with Gasteiger partial charge in [0.2, 0.25) is 0 Å². The number of hydrogen-bond acceptors (Lipinski definition) is 5. The molecule has 0 spiro atoms. The van der Waals surface area contributed by atoms with E-state index in [0.717, 1.165) is 0 Å². The molecule has 0 heterocycles. The second kappa shape index (κ2) is 7.22. The van der Waals surface area contributed by atoms with Gasteiger partial charge in [-0.15, -0.1) is 0 Å². The van der Waals surface area contributed by atoms with Crippen LogP contribution in [0.15, 0.2) is 48.5 Å². The minimum atomic E-state index is -0.509. The molecule has 0 N–H and O–H groups in total. The number of carbonyl (C=O) groups excluding carboxylic acids is 1. The van der Waals surface area contributed by atoms with E-state index in [1.54, 1.807) is 24.3 Å². The van der Waals surface area contributed by atoms with E-state index < -0.39 is 4.92 Å². The number of ketones is 1. The Balaban J connectivity index is 2.23. The summed E-state index contributed by atoms with van der Waals surface area (Å²) in [6, 6.07) is 10.8. The summed E-state index contributed by atoms with van der Waals surface area (Å²) >= 11 is 0. The van der Waals surface area contributed by atoms with E-state index in [1.165, 1.54) is 44.6 Å². The van der Waals surface area contributed by atoms with Crippen LogP contribution in [-0.2, 0) is 0 Å². The monoisotopic (exact) mass is 313 g/mol. The Bertz CT molecular complexity index is 750. The van der Waals surface area contributed by atoms with Crippen LogP contribution in [0.3, 0.4) is 0 Å². The van der Waals surface area contributed by atoms with Crippen molar-refractivity contribution < 1.29 is 19.2 Å². The number of rotatable bonds is 6. The maximum Gasteiger partial charge on any atom is 0.269 e. The third kappa shape index (κ3) is 3.74. The van der Waals surface area contributed by atoms with E-state index in [-0.39, 0.29) is 11.5 Å². The van der Waals surface area contributed by atoms with Gasteiger partial charge in [-0.1, -0.05) is 12.1 Å². The van der Waals surface area contributed by atoms with E-state index in [1.807, 2.05) is 0 Å². The Morgan fingerprint density at radius 2 is 1.78 bits per heavy atom. The average Bonchev–Trinajstić information content (AvgIpc) is 2.59. The van der Waals surface area contributed by atoms with Gasteiger partial charge in [0.15, 0.2) is 17.3 Å². The number of ether oxygens (including phenoxy) is 2. The van der Waals surface area contributed by atoms with Crippen LogP contribution in [0.1, 0.15) is 15.9 Å². The molecule has 0 atom stereocenters. The van der Waals surface area contributed by atoms with Crippen molar-refractivity contribution in [2.45, 2.75) is 0 Å². The molecule has 0 bridgehead atoms. The van der Waals surface area contributed by atoms with Crippen LogP contribution in [0.5, 0.6) is 11.5 Å². The van der Waals surface area contributed by atoms with Crippen LogP contribution in [-0.4, -0.2) is 24.9 Å². The van der Waals surface area contributed by atoms with Crippen LogP contribution < -0.4 is 9.47 Å². The molecule has 6 heteroatoms. The zero-order valence-corrected chi connectivity index (χ0v) is 12.7. The maximum atomic E-state index is 12.1. The number of nitro groups is 1. The second-order valence-corrected chi connectivity index (χ2v) is 4.58. The Morgan fingerprint density at radius 3 is 2.35 bits per heavy atom. The summed E-state index contributed by atoms with van der Waals surface area (Å²) in [5.74, 6) is 0.838. The number of benzene rings is 2. The van der Waals surface area contributed by atoms with Crippen molar-refractivity contribution in [2.75, 3.05) is 14.2 Å². The van der Waals surface area contributed by atoms with Gasteiger partial charge in [-0.3, -0.25) is 14.9 Å². The highest BCUT2D eigenvalue weighted by Crippen LogP contribution is 2.31. The maximum absolute atomic E-state index is 12.1. The van der Waals surface area contributed by atoms with Crippen LogP contribution in [0.2, 0.25) is 0 Å². The molecule has 23 heavy (non-hydrogen) atoms. The molecule has 0 amide bonds. The van der Waals surface area contributed by atoms with E-state index in [4.69, 9.17) is 9.47 Å². The Labute approximate surface area is 133 Å². The molecule has 0 fully saturated rings. The van der Waals surface area contributed by atoms with E-state index >= 15 is 0 Å². The Kier molecular flexibility index (Phi) is 5.09. The Hall–Kier alpha value is -3.15. The van der Waals surface area contributed by atoms with Gasteiger partial charge >= 0.3 is 0 Å². The quantitative estimate of drug-likeness (QED) is 0.353. The predicted octanol–water partition coefficient (Wildman–Crippen LogP) is 3.51. The highest BCUT2D eigenvalue weighted by atomic mass is 16.6. The lowest BCUT2D eigenvalue weighted by Crippen LogP contribution is -1.96. The molecule has 0 aliphatic carbocycles. The van der Waals surface area contributed by atoms with Gasteiger partial charge in [-0.2, -0.15) is 0 Å². The van der Waals surface area contributed by atoms with Crippen LogP contribution in [0.25, 0.3) is 6.08 Å². The van der Waals surface area contributed by atoms with Gasteiger partial charge < -0.3 is 9.47 Å². The number of methoxy groups -OCH3 is 2. The Morgan fingerprint density at radius 1 is 1.09 bits per heavy atom. The van der Waals surface area contributed by atoms with Crippen molar-refractivity contribution >= 4 is 17.5 Å². The normalized spacial score (nSPS) is 10.5. The van der Waals surface area contributed by atoms with Crippen molar-refractivity contribution in [3.63, 3.8) is 0 Å². The molecule has 0 saturated heterocycles. The summed E-state index contributed by atoms with van der Waals surface area (Å²) in [4.78, 5) is 22.2. The van der Waals surface area contributed by atoms with Gasteiger partial charge in [0.25, 0.3) is 5.69 Å². The average molecular weight is 313 g/mol. The van der Waals surface area contributed by atoms with Crippen LogP contribution in [0.4, 0.5) is 5.69 Å². The summed E-state index contributed by atoms with van der Waals surface area (Å²) < 4.78 is 10.5.